The van der Waals surface area contributed by atoms with Gasteiger partial charge in [0.1, 0.15) is 0 Å². The molecule has 0 spiro atoms. The van der Waals surface area contributed by atoms with Crippen molar-refractivity contribution in [3.05, 3.63) is 27.8 Å². The molecule has 3 heteroatoms. The second-order valence-corrected chi connectivity index (χ2v) is 3.35. The van der Waals surface area contributed by atoms with E-state index in [1.165, 1.54) is 10.4 Å². The third-order valence-corrected chi connectivity index (χ3v) is 2.66. The molecule has 1 rings (SSSR count). The van der Waals surface area contributed by atoms with Gasteiger partial charge in [-0.05, 0) is 16.9 Å². The molecule has 0 aromatic carbocycles. The third-order valence-electron chi connectivity index (χ3n) is 0.751. The van der Waals surface area contributed by atoms with Crippen molar-refractivity contribution in [1.82, 2.24) is 0 Å². The monoisotopic (exact) mass is 176 g/mol. The normalized spacial score (nSPS) is 10.8. The Morgan fingerprint density at radius 2 is 2.56 bits per heavy atom. The zero-order valence-electron chi connectivity index (χ0n) is 4.58. The summed E-state index contributed by atoms with van der Waals surface area (Å²) in [5.41, 5.74) is 1.52. The van der Waals surface area contributed by atoms with Gasteiger partial charge in [0.15, 0.2) is 0 Å². The average Bonchev–Trinajstić information content (AvgIpc) is 2.34. The fourth-order valence-electron chi connectivity index (χ4n) is 0.423. The molecule has 0 aliphatic heterocycles. The van der Waals surface area contributed by atoms with Crippen LogP contribution in [-0.4, -0.2) is 0 Å². The van der Waals surface area contributed by atoms with Gasteiger partial charge in [-0.2, -0.15) is 11.3 Å². The summed E-state index contributed by atoms with van der Waals surface area (Å²) in [6.45, 7) is 0. The molecule has 0 atom stereocenters. The fraction of sp³-hybridized carbons (Fsp3) is 0. The van der Waals surface area contributed by atoms with Crippen molar-refractivity contribution < 1.29 is 0 Å². The first-order valence-corrected chi connectivity index (χ1v) is 4.63. The van der Waals surface area contributed by atoms with Crippen LogP contribution >= 0.6 is 34.7 Å². The number of thioether (sulfide) groups is 1. The lowest BCUT2D eigenvalue weighted by atomic mass is 10.7. The fourth-order valence-corrected chi connectivity index (χ4v) is 1.92. The largest absolute Gasteiger partial charge is 0.151 e. The minimum absolute atomic E-state index is 1.25. The molecule has 1 heterocycles. The first-order chi connectivity index (χ1) is 4.43. The molecule has 0 unspecified atom stereocenters. The summed E-state index contributed by atoms with van der Waals surface area (Å²) < 4.78 is 0. The Hall–Kier alpha value is 0.0800. The van der Waals surface area contributed by atoms with Crippen LogP contribution in [0.4, 0.5) is 0 Å². The third kappa shape index (κ3) is 2.43. The van der Waals surface area contributed by atoms with E-state index >= 15 is 0 Å². The van der Waals surface area contributed by atoms with E-state index in [0.717, 1.165) is 0 Å². The Morgan fingerprint density at radius 1 is 1.67 bits per heavy atom. The summed E-state index contributed by atoms with van der Waals surface area (Å²) in [6.07, 6.45) is 0. The molecule has 0 aliphatic carbocycles. The van der Waals surface area contributed by atoms with Crippen LogP contribution in [-0.2, 0) is 0 Å². The van der Waals surface area contributed by atoms with Gasteiger partial charge in [0.2, 0.25) is 0 Å². The van der Waals surface area contributed by atoms with Crippen molar-refractivity contribution in [1.29, 1.82) is 0 Å². The standard InChI is InChI=1S/C6H5ClS2/c7-2-4-9-6-1-3-8-5-6/h1-5H/b4-2+. The Bertz CT molecular complexity index is 179. The minimum Gasteiger partial charge on any atom is -0.151 e. The maximum atomic E-state index is 5.32. The van der Waals surface area contributed by atoms with E-state index in [1.807, 2.05) is 10.8 Å². The average molecular weight is 177 g/mol. The molecule has 0 fully saturated rings. The van der Waals surface area contributed by atoms with Gasteiger partial charge in [0.25, 0.3) is 0 Å². The molecule has 0 saturated carbocycles. The summed E-state index contributed by atoms with van der Waals surface area (Å²) in [5, 5.41) is 5.98. The minimum atomic E-state index is 1.25. The summed E-state index contributed by atoms with van der Waals surface area (Å²) >= 11 is 8.64. The van der Waals surface area contributed by atoms with E-state index in [9.17, 15) is 0 Å². The topological polar surface area (TPSA) is 0 Å². The molecule has 1 aromatic rings. The molecule has 9 heavy (non-hydrogen) atoms. The van der Waals surface area contributed by atoms with Gasteiger partial charge in [0, 0.05) is 15.8 Å². The van der Waals surface area contributed by atoms with Crippen LogP contribution < -0.4 is 0 Å². The zero-order valence-corrected chi connectivity index (χ0v) is 6.97. The molecular weight excluding hydrogens is 172 g/mol. The Balaban J connectivity index is 2.48. The van der Waals surface area contributed by atoms with Crippen molar-refractivity contribution in [3.8, 4) is 0 Å². The molecule has 0 aliphatic rings. The molecule has 0 nitrogen and oxygen atoms in total. The summed E-state index contributed by atoms with van der Waals surface area (Å²) in [6, 6.07) is 2.06. The van der Waals surface area contributed by atoms with Crippen LogP contribution in [0.3, 0.4) is 0 Å². The highest BCUT2D eigenvalue weighted by Gasteiger charge is 1.86. The molecule has 0 amide bonds. The predicted molar refractivity (Wildman–Crippen MR) is 45.2 cm³/mol. The lowest BCUT2D eigenvalue weighted by molar-refractivity contribution is 1.61. The van der Waals surface area contributed by atoms with E-state index < -0.39 is 0 Å². The van der Waals surface area contributed by atoms with Crippen LogP contribution in [0.2, 0.25) is 0 Å². The van der Waals surface area contributed by atoms with Crippen molar-refractivity contribution in [3.63, 3.8) is 0 Å². The first kappa shape index (κ1) is 7.19. The summed E-state index contributed by atoms with van der Waals surface area (Å²) in [4.78, 5) is 1.25. The van der Waals surface area contributed by atoms with E-state index in [4.69, 9.17) is 11.6 Å². The van der Waals surface area contributed by atoms with Gasteiger partial charge in [-0.3, -0.25) is 0 Å². The van der Waals surface area contributed by atoms with E-state index in [-0.39, 0.29) is 0 Å². The number of halogens is 1. The molecular formula is C6H5ClS2. The second kappa shape index (κ2) is 3.99. The van der Waals surface area contributed by atoms with Crippen molar-refractivity contribution >= 4 is 34.7 Å². The van der Waals surface area contributed by atoms with Gasteiger partial charge < -0.3 is 0 Å². The maximum Gasteiger partial charge on any atom is 0.0223 e. The molecule has 1 aromatic heterocycles. The zero-order chi connectivity index (χ0) is 6.53. The number of hydrogen-bond donors (Lipinski definition) is 0. The number of thiophene rings is 1. The summed E-state index contributed by atoms with van der Waals surface area (Å²) in [7, 11) is 0. The highest BCUT2D eigenvalue weighted by Crippen LogP contribution is 2.21. The summed E-state index contributed by atoms with van der Waals surface area (Å²) in [5.74, 6) is 0. The van der Waals surface area contributed by atoms with E-state index in [2.05, 4.69) is 11.4 Å². The Labute approximate surface area is 67.5 Å². The van der Waals surface area contributed by atoms with Crippen molar-refractivity contribution in [2.75, 3.05) is 0 Å². The van der Waals surface area contributed by atoms with Gasteiger partial charge >= 0.3 is 0 Å². The first-order valence-electron chi connectivity index (χ1n) is 2.37. The van der Waals surface area contributed by atoms with Crippen LogP contribution in [0.15, 0.2) is 32.7 Å². The number of rotatable bonds is 2. The lowest BCUT2D eigenvalue weighted by Crippen LogP contribution is -1.50. The predicted octanol–water partition coefficient (Wildman–Crippen LogP) is 3.55. The van der Waals surface area contributed by atoms with Gasteiger partial charge in [-0.1, -0.05) is 23.4 Å². The SMILES string of the molecule is Cl/C=C/Sc1ccsc1. The van der Waals surface area contributed by atoms with Gasteiger partial charge in [0.05, 0.1) is 0 Å². The molecule has 0 radical (unpaired) electrons. The van der Waals surface area contributed by atoms with Crippen LogP contribution in [0.1, 0.15) is 0 Å². The van der Waals surface area contributed by atoms with E-state index in [1.54, 1.807) is 23.1 Å². The molecule has 48 valence electrons. The van der Waals surface area contributed by atoms with Gasteiger partial charge in [-0.25, -0.2) is 0 Å². The Morgan fingerprint density at radius 3 is 3.11 bits per heavy atom. The second-order valence-electron chi connectivity index (χ2n) is 1.34. The smallest absolute Gasteiger partial charge is 0.0223 e. The van der Waals surface area contributed by atoms with Crippen LogP contribution in [0.25, 0.3) is 0 Å². The number of hydrogen-bond acceptors (Lipinski definition) is 2. The van der Waals surface area contributed by atoms with Crippen LogP contribution in [0.5, 0.6) is 0 Å². The van der Waals surface area contributed by atoms with Gasteiger partial charge in [-0.15, -0.1) is 0 Å². The molecule has 0 bridgehead atoms. The highest BCUT2D eigenvalue weighted by molar-refractivity contribution is 8.02. The van der Waals surface area contributed by atoms with E-state index in [0.29, 0.717) is 0 Å². The quantitative estimate of drug-likeness (QED) is 0.622. The molecule has 0 N–H and O–H groups in total. The van der Waals surface area contributed by atoms with Crippen molar-refractivity contribution in [2.45, 2.75) is 4.90 Å². The highest BCUT2D eigenvalue weighted by atomic mass is 35.5. The maximum absolute atomic E-state index is 5.32. The Kier molecular flexibility index (Phi) is 3.18. The molecule has 0 saturated heterocycles. The van der Waals surface area contributed by atoms with Crippen molar-refractivity contribution in [2.24, 2.45) is 0 Å². The van der Waals surface area contributed by atoms with Crippen LogP contribution in [0, 0.1) is 0 Å². The lowest BCUT2D eigenvalue weighted by Gasteiger charge is -1.82.